The summed E-state index contributed by atoms with van der Waals surface area (Å²) in [7, 11) is 0. The number of carbonyl (C=O) groups excluding carboxylic acids is 4. The Labute approximate surface area is 333 Å². The molecule has 0 aliphatic rings. The third-order valence-electron chi connectivity index (χ3n) is 9.72. The lowest BCUT2D eigenvalue weighted by Gasteiger charge is -2.27. The van der Waals surface area contributed by atoms with Crippen molar-refractivity contribution in [3.8, 4) is 23.0 Å². The monoisotopic (exact) mass is 760 g/mol. The van der Waals surface area contributed by atoms with Gasteiger partial charge in [0.25, 0.3) is 0 Å². The fraction of sp³-hybridized carbons (Fsp3) is 0.184. The van der Waals surface area contributed by atoms with Crippen LogP contribution >= 0.6 is 0 Å². The molecule has 0 radical (unpaired) electrons. The fourth-order valence-electron chi connectivity index (χ4n) is 6.22. The standard InChI is InChI=1S/C49H44O8/c1-5-43(54-39-25-17-35(18-26-39)45(50)33-13-9-7-10-14-33)48(53)57-42-31-23-38(24-32-42)49(3,4)37-21-29-40(30-22-37)55-44(6-2)47(52)56-41-27-19-36(20-28-41)46(51)34-15-11-8-12-16-34/h7-32,43-44H,5-6H2,1-4H3. The topological polar surface area (TPSA) is 105 Å². The van der Waals surface area contributed by atoms with Gasteiger partial charge >= 0.3 is 11.9 Å². The second-order valence-electron chi connectivity index (χ2n) is 14.0. The van der Waals surface area contributed by atoms with Crippen molar-refractivity contribution in [3.63, 3.8) is 0 Å². The number of ketones is 2. The molecule has 0 spiro atoms. The maximum atomic E-state index is 13.1. The van der Waals surface area contributed by atoms with Crippen molar-refractivity contribution in [2.75, 3.05) is 0 Å². The van der Waals surface area contributed by atoms with Crippen LogP contribution in [0, 0.1) is 0 Å². The fourth-order valence-corrected chi connectivity index (χ4v) is 6.22. The summed E-state index contributed by atoms with van der Waals surface area (Å²) in [5.74, 6) is 0.437. The van der Waals surface area contributed by atoms with Crippen LogP contribution in [-0.4, -0.2) is 35.7 Å². The van der Waals surface area contributed by atoms with Gasteiger partial charge in [-0.2, -0.15) is 0 Å². The molecule has 2 unspecified atom stereocenters. The smallest absolute Gasteiger partial charge is 0.352 e. The molecular formula is C49H44O8. The van der Waals surface area contributed by atoms with Gasteiger partial charge in [-0.3, -0.25) is 9.59 Å². The highest BCUT2D eigenvalue weighted by atomic mass is 16.6. The number of benzene rings is 6. The Kier molecular flexibility index (Phi) is 12.7. The van der Waals surface area contributed by atoms with E-state index in [0.29, 0.717) is 58.1 Å². The number of hydrogen-bond acceptors (Lipinski definition) is 8. The van der Waals surface area contributed by atoms with Gasteiger partial charge in [0.2, 0.25) is 0 Å². The van der Waals surface area contributed by atoms with Gasteiger partial charge in [-0.15, -0.1) is 0 Å². The molecule has 0 heterocycles. The van der Waals surface area contributed by atoms with Crippen molar-refractivity contribution in [1.82, 2.24) is 0 Å². The average molecular weight is 761 g/mol. The van der Waals surface area contributed by atoms with Crippen molar-refractivity contribution in [2.45, 2.75) is 58.2 Å². The SMILES string of the molecule is CCC(Oc1ccc(C(=O)c2ccccc2)cc1)C(=O)Oc1ccc(C(C)(C)c2ccc(OC(CC)C(=O)Oc3ccc(C(=O)c4ccccc4)cc3)cc2)cc1. The number of carbonyl (C=O) groups is 4. The van der Waals surface area contributed by atoms with Gasteiger partial charge in [0.05, 0.1) is 0 Å². The second-order valence-corrected chi connectivity index (χ2v) is 14.0. The molecule has 0 N–H and O–H groups in total. The Morgan fingerprint density at radius 2 is 0.719 bits per heavy atom. The Bertz CT molecular complexity index is 2280. The summed E-state index contributed by atoms with van der Waals surface area (Å²) in [6, 6.07) is 46.1. The quantitative estimate of drug-likeness (QED) is 0.0546. The minimum atomic E-state index is -0.838. The van der Waals surface area contributed by atoms with E-state index in [2.05, 4.69) is 13.8 Å². The summed E-state index contributed by atoms with van der Waals surface area (Å²) in [5.41, 5.74) is 3.80. The van der Waals surface area contributed by atoms with Gasteiger partial charge in [-0.05, 0) is 96.8 Å². The molecule has 0 saturated heterocycles. The molecule has 0 fully saturated rings. The maximum absolute atomic E-state index is 13.1. The van der Waals surface area contributed by atoms with E-state index in [0.717, 1.165) is 11.1 Å². The lowest BCUT2D eigenvalue weighted by atomic mass is 9.78. The van der Waals surface area contributed by atoms with E-state index in [4.69, 9.17) is 18.9 Å². The molecule has 57 heavy (non-hydrogen) atoms. The van der Waals surface area contributed by atoms with Crippen LogP contribution in [0.4, 0.5) is 0 Å². The zero-order valence-electron chi connectivity index (χ0n) is 32.3. The molecular weight excluding hydrogens is 717 g/mol. The van der Waals surface area contributed by atoms with E-state index in [1.54, 1.807) is 84.9 Å². The number of ether oxygens (including phenoxy) is 4. The molecule has 0 aliphatic heterocycles. The summed E-state index contributed by atoms with van der Waals surface area (Å²) in [6.07, 6.45) is -0.890. The van der Waals surface area contributed by atoms with Crippen LogP contribution in [0.2, 0.25) is 0 Å². The predicted molar refractivity (Wildman–Crippen MR) is 218 cm³/mol. The van der Waals surface area contributed by atoms with Crippen LogP contribution in [-0.2, 0) is 15.0 Å². The largest absolute Gasteiger partial charge is 0.479 e. The van der Waals surface area contributed by atoms with E-state index < -0.39 is 29.6 Å². The lowest BCUT2D eigenvalue weighted by molar-refractivity contribution is -0.143. The highest BCUT2D eigenvalue weighted by Crippen LogP contribution is 2.34. The maximum Gasteiger partial charge on any atom is 0.352 e. The van der Waals surface area contributed by atoms with Gasteiger partial charge in [0.1, 0.15) is 23.0 Å². The van der Waals surface area contributed by atoms with E-state index in [1.165, 1.54) is 0 Å². The summed E-state index contributed by atoms with van der Waals surface area (Å²) in [5, 5.41) is 0. The summed E-state index contributed by atoms with van der Waals surface area (Å²) in [4.78, 5) is 51.6. The molecule has 0 aromatic heterocycles. The number of esters is 2. The Morgan fingerprint density at radius 1 is 0.421 bits per heavy atom. The van der Waals surface area contributed by atoms with E-state index >= 15 is 0 Å². The van der Waals surface area contributed by atoms with Crippen molar-refractivity contribution in [3.05, 3.63) is 191 Å². The van der Waals surface area contributed by atoms with Crippen molar-refractivity contribution in [2.24, 2.45) is 0 Å². The average Bonchev–Trinajstić information content (AvgIpc) is 3.25. The number of hydrogen-bond donors (Lipinski definition) is 0. The zero-order chi connectivity index (χ0) is 40.4. The minimum Gasteiger partial charge on any atom is -0.479 e. The molecule has 0 saturated carbocycles. The van der Waals surface area contributed by atoms with E-state index in [9.17, 15) is 19.2 Å². The Hall–Kier alpha value is -6.80. The van der Waals surface area contributed by atoms with Crippen LogP contribution in [0.15, 0.2) is 158 Å². The van der Waals surface area contributed by atoms with Crippen molar-refractivity contribution < 1.29 is 38.1 Å². The van der Waals surface area contributed by atoms with Crippen molar-refractivity contribution in [1.29, 1.82) is 0 Å². The van der Waals surface area contributed by atoms with Crippen LogP contribution in [0.3, 0.4) is 0 Å². The van der Waals surface area contributed by atoms with Crippen LogP contribution < -0.4 is 18.9 Å². The highest BCUT2D eigenvalue weighted by Gasteiger charge is 2.26. The second kappa shape index (κ2) is 18.2. The third kappa shape index (κ3) is 9.90. The summed E-state index contributed by atoms with van der Waals surface area (Å²) >= 11 is 0. The van der Waals surface area contributed by atoms with E-state index in [-0.39, 0.29) is 11.6 Å². The van der Waals surface area contributed by atoms with Gasteiger partial charge in [-0.1, -0.05) is 113 Å². The molecule has 6 aromatic rings. The molecule has 2 atom stereocenters. The van der Waals surface area contributed by atoms with E-state index in [1.807, 2.05) is 86.6 Å². The first kappa shape index (κ1) is 39.9. The molecule has 8 heteroatoms. The van der Waals surface area contributed by atoms with Crippen LogP contribution in [0.1, 0.15) is 83.5 Å². The van der Waals surface area contributed by atoms with Crippen molar-refractivity contribution >= 4 is 23.5 Å². The minimum absolute atomic E-state index is 0.0918. The molecule has 6 rings (SSSR count). The third-order valence-corrected chi connectivity index (χ3v) is 9.72. The normalized spacial score (nSPS) is 12.1. The first-order chi connectivity index (χ1) is 27.5. The van der Waals surface area contributed by atoms with Gasteiger partial charge < -0.3 is 18.9 Å². The lowest BCUT2D eigenvalue weighted by Crippen LogP contribution is -2.31. The molecule has 0 amide bonds. The molecule has 288 valence electrons. The predicted octanol–water partition coefficient (Wildman–Crippen LogP) is 10.0. The van der Waals surface area contributed by atoms with Gasteiger partial charge in [0, 0.05) is 27.7 Å². The molecule has 6 aromatic carbocycles. The summed E-state index contributed by atoms with van der Waals surface area (Å²) in [6.45, 7) is 7.87. The van der Waals surface area contributed by atoms with Gasteiger partial charge in [0.15, 0.2) is 23.8 Å². The zero-order valence-corrected chi connectivity index (χ0v) is 32.3. The van der Waals surface area contributed by atoms with Crippen LogP contribution in [0.25, 0.3) is 0 Å². The number of rotatable bonds is 16. The first-order valence-corrected chi connectivity index (χ1v) is 18.9. The Balaban J connectivity index is 1.02. The Morgan fingerprint density at radius 3 is 1.07 bits per heavy atom. The molecule has 0 bridgehead atoms. The molecule has 8 nitrogen and oxygen atoms in total. The molecule has 0 aliphatic carbocycles. The van der Waals surface area contributed by atoms with Crippen LogP contribution in [0.5, 0.6) is 23.0 Å². The highest BCUT2D eigenvalue weighted by molar-refractivity contribution is 6.09. The van der Waals surface area contributed by atoms with Gasteiger partial charge in [-0.25, -0.2) is 9.59 Å². The first-order valence-electron chi connectivity index (χ1n) is 18.9. The summed E-state index contributed by atoms with van der Waals surface area (Å²) < 4.78 is 23.3.